The van der Waals surface area contributed by atoms with E-state index < -0.39 is 0 Å². The lowest BCUT2D eigenvalue weighted by molar-refractivity contribution is 0.192. The second kappa shape index (κ2) is 9.36. The second-order valence-corrected chi connectivity index (χ2v) is 6.54. The van der Waals surface area contributed by atoms with Crippen LogP contribution in [-0.2, 0) is 4.74 Å². The van der Waals surface area contributed by atoms with Crippen molar-refractivity contribution in [1.29, 1.82) is 0 Å². The summed E-state index contributed by atoms with van der Waals surface area (Å²) < 4.78 is 5.08. The minimum atomic E-state index is 0.286. The number of rotatable bonds is 8. The van der Waals surface area contributed by atoms with Crippen molar-refractivity contribution in [2.45, 2.75) is 73.6 Å². The van der Waals surface area contributed by atoms with Crippen LogP contribution >= 0.6 is 0 Å². The van der Waals surface area contributed by atoms with Crippen molar-refractivity contribution in [3.8, 4) is 0 Å². The molecule has 0 aliphatic rings. The van der Waals surface area contributed by atoms with Gasteiger partial charge in [0.2, 0.25) is 0 Å². The first kappa shape index (κ1) is 18.4. The van der Waals surface area contributed by atoms with Gasteiger partial charge in [-0.25, -0.2) is 0 Å². The highest BCUT2D eigenvalue weighted by molar-refractivity contribution is 5.28. The van der Waals surface area contributed by atoms with Gasteiger partial charge in [0.15, 0.2) is 0 Å². The molecule has 0 spiro atoms. The molecule has 0 saturated heterocycles. The van der Waals surface area contributed by atoms with Crippen molar-refractivity contribution in [1.82, 2.24) is 0 Å². The molecule has 0 amide bonds. The third kappa shape index (κ3) is 8.26. The Morgan fingerprint density at radius 1 is 1.05 bits per heavy atom. The maximum absolute atomic E-state index is 5.08. The van der Waals surface area contributed by atoms with Crippen LogP contribution in [0.3, 0.4) is 0 Å². The van der Waals surface area contributed by atoms with E-state index in [-0.39, 0.29) is 5.41 Å². The van der Waals surface area contributed by atoms with Gasteiger partial charge in [0.05, 0.1) is 0 Å². The van der Waals surface area contributed by atoms with Crippen molar-refractivity contribution in [3.05, 3.63) is 22.8 Å². The monoisotopic (exact) mass is 266 g/mol. The lowest BCUT2D eigenvalue weighted by Gasteiger charge is -2.22. The molecule has 0 aliphatic carbocycles. The molecule has 0 aliphatic heterocycles. The number of allylic oxidation sites excluding steroid dienone is 4. The molecule has 0 rings (SSSR count). The van der Waals surface area contributed by atoms with E-state index in [2.05, 4.69) is 47.6 Å². The summed E-state index contributed by atoms with van der Waals surface area (Å²) in [5, 5.41) is 0. The topological polar surface area (TPSA) is 9.23 Å². The van der Waals surface area contributed by atoms with Gasteiger partial charge in [-0.3, -0.25) is 0 Å². The van der Waals surface area contributed by atoms with Crippen LogP contribution in [-0.4, -0.2) is 13.7 Å². The fourth-order valence-corrected chi connectivity index (χ4v) is 2.24. The first-order valence-corrected chi connectivity index (χ1v) is 7.69. The molecule has 0 saturated carbocycles. The Morgan fingerprint density at radius 2 is 1.68 bits per heavy atom. The van der Waals surface area contributed by atoms with Gasteiger partial charge in [0, 0.05) is 13.7 Å². The minimum absolute atomic E-state index is 0.286. The fraction of sp³-hybridized carbons (Fsp3) is 0.778. The Hall–Kier alpha value is -0.560. The van der Waals surface area contributed by atoms with Crippen LogP contribution in [0.25, 0.3) is 0 Å². The van der Waals surface area contributed by atoms with E-state index in [9.17, 15) is 0 Å². The minimum Gasteiger partial charge on any atom is -0.385 e. The Balaban J connectivity index is 4.45. The number of methoxy groups -OCH3 is 1. The second-order valence-electron chi connectivity index (χ2n) is 6.54. The van der Waals surface area contributed by atoms with Crippen molar-refractivity contribution in [3.63, 3.8) is 0 Å². The van der Waals surface area contributed by atoms with E-state index in [4.69, 9.17) is 4.74 Å². The number of ether oxygens (including phenoxy) is 1. The lowest BCUT2D eigenvalue weighted by Crippen LogP contribution is -2.08. The van der Waals surface area contributed by atoms with Gasteiger partial charge in [-0.1, -0.05) is 56.9 Å². The molecule has 1 heteroatoms. The first-order chi connectivity index (χ1) is 8.82. The molecule has 0 radical (unpaired) electrons. The van der Waals surface area contributed by atoms with Crippen LogP contribution in [0.4, 0.5) is 0 Å². The zero-order valence-corrected chi connectivity index (χ0v) is 14.2. The molecule has 0 bridgehead atoms. The van der Waals surface area contributed by atoms with Crippen molar-refractivity contribution >= 4 is 0 Å². The molecular formula is C18H34O. The summed E-state index contributed by atoms with van der Waals surface area (Å²) in [5.41, 5.74) is 4.82. The maximum atomic E-state index is 5.08. The number of unbranched alkanes of at least 4 members (excludes halogenated alkanes) is 2. The predicted molar refractivity (Wildman–Crippen MR) is 86.5 cm³/mol. The highest BCUT2D eigenvalue weighted by Gasteiger charge is 2.15. The van der Waals surface area contributed by atoms with Crippen molar-refractivity contribution in [2.75, 3.05) is 13.7 Å². The van der Waals surface area contributed by atoms with Gasteiger partial charge in [-0.15, -0.1) is 0 Å². The predicted octanol–water partition coefficient (Wildman–Crippen LogP) is 5.91. The zero-order valence-electron chi connectivity index (χ0n) is 14.2. The van der Waals surface area contributed by atoms with Crippen LogP contribution in [0.2, 0.25) is 0 Å². The Kier molecular flexibility index (Phi) is 9.08. The zero-order chi connectivity index (χ0) is 14.9. The fourth-order valence-electron chi connectivity index (χ4n) is 2.24. The van der Waals surface area contributed by atoms with E-state index >= 15 is 0 Å². The van der Waals surface area contributed by atoms with Gasteiger partial charge >= 0.3 is 0 Å². The van der Waals surface area contributed by atoms with E-state index in [1.807, 2.05) is 0 Å². The normalized spacial score (nSPS) is 14.6. The summed E-state index contributed by atoms with van der Waals surface area (Å²) >= 11 is 0. The average Bonchev–Trinajstić information content (AvgIpc) is 2.33. The van der Waals surface area contributed by atoms with Gasteiger partial charge < -0.3 is 4.74 Å². The van der Waals surface area contributed by atoms with E-state index in [0.29, 0.717) is 0 Å². The molecule has 0 unspecified atom stereocenters. The summed E-state index contributed by atoms with van der Waals surface area (Å²) in [5.74, 6) is 0. The van der Waals surface area contributed by atoms with Gasteiger partial charge in [0.1, 0.15) is 0 Å². The third-order valence-corrected chi connectivity index (χ3v) is 3.81. The molecule has 0 aromatic heterocycles. The lowest BCUT2D eigenvalue weighted by atomic mass is 9.83. The molecule has 0 aromatic carbocycles. The standard InChI is InChI=1S/C18H34O/c1-8-17(18(4,5)6)14-16(3)15(2)12-10-9-11-13-19-7/h14H,8-13H2,1-7H3/b16-15-,17-14+. The van der Waals surface area contributed by atoms with Gasteiger partial charge in [0.25, 0.3) is 0 Å². The summed E-state index contributed by atoms with van der Waals surface area (Å²) in [6, 6.07) is 0. The van der Waals surface area contributed by atoms with Crippen molar-refractivity contribution < 1.29 is 4.74 Å². The largest absolute Gasteiger partial charge is 0.385 e. The quantitative estimate of drug-likeness (QED) is 0.392. The molecule has 0 atom stereocenters. The highest BCUT2D eigenvalue weighted by Crippen LogP contribution is 2.29. The number of hydrogen-bond acceptors (Lipinski definition) is 1. The third-order valence-electron chi connectivity index (χ3n) is 3.81. The molecule has 112 valence electrons. The smallest absolute Gasteiger partial charge is 0.0462 e. The number of hydrogen-bond donors (Lipinski definition) is 0. The maximum Gasteiger partial charge on any atom is 0.0462 e. The first-order valence-electron chi connectivity index (χ1n) is 7.69. The Labute approximate surface area is 121 Å². The Morgan fingerprint density at radius 3 is 2.16 bits per heavy atom. The summed E-state index contributed by atoms with van der Waals surface area (Å²) in [6.45, 7) is 14.6. The SMILES string of the molecule is CC/C(=C\C(C)=C(\C)CCCCCOC)C(C)(C)C. The Bertz CT molecular complexity index is 302. The molecule has 1 nitrogen and oxygen atoms in total. The molecule has 0 N–H and O–H groups in total. The average molecular weight is 266 g/mol. The molecule has 0 heterocycles. The summed E-state index contributed by atoms with van der Waals surface area (Å²) in [4.78, 5) is 0. The van der Waals surface area contributed by atoms with Crippen LogP contribution in [0.1, 0.15) is 73.6 Å². The van der Waals surface area contributed by atoms with Crippen molar-refractivity contribution in [2.24, 2.45) is 5.41 Å². The van der Waals surface area contributed by atoms with Crippen LogP contribution in [0.5, 0.6) is 0 Å². The van der Waals surface area contributed by atoms with Crippen LogP contribution < -0.4 is 0 Å². The molecule has 0 aromatic rings. The van der Waals surface area contributed by atoms with E-state index in [1.165, 1.54) is 36.8 Å². The summed E-state index contributed by atoms with van der Waals surface area (Å²) in [6.07, 6.45) is 8.49. The van der Waals surface area contributed by atoms with Crippen LogP contribution in [0.15, 0.2) is 22.8 Å². The molecule has 0 fully saturated rings. The highest BCUT2D eigenvalue weighted by atomic mass is 16.5. The molecular weight excluding hydrogens is 232 g/mol. The van der Waals surface area contributed by atoms with E-state index in [0.717, 1.165) is 13.0 Å². The summed E-state index contributed by atoms with van der Waals surface area (Å²) in [7, 11) is 1.78. The molecule has 19 heavy (non-hydrogen) atoms. The van der Waals surface area contributed by atoms with E-state index in [1.54, 1.807) is 12.7 Å². The van der Waals surface area contributed by atoms with Gasteiger partial charge in [-0.2, -0.15) is 0 Å². The van der Waals surface area contributed by atoms with Crippen LogP contribution in [0, 0.1) is 5.41 Å². The van der Waals surface area contributed by atoms with Gasteiger partial charge in [-0.05, 0) is 44.9 Å².